The van der Waals surface area contributed by atoms with E-state index in [0.29, 0.717) is 0 Å². The molecule has 2 aromatic heterocycles. The van der Waals surface area contributed by atoms with Gasteiger partial charge in [0.2, 0.25) is 0 Å². The van der Waals surface area contributed by atoms with Gasteiger partial charge in [-0.1, -0.05) is 30.3 Å². The number of hydrogen-bond donors (Lipinski definition) is 0. The first-order valence-electron chi connectivity index (χ1n) is 5.94. The van der Waals surface area contributed by atoms with E-state index in [1.165, 1.54) is 5.56 Å². The highest BCUT2D eigenvalue weighted by molar-refractivity contribution is 5.79. The number of rotatable bonds is 2. The molecule has 0 saturated carbocycles. The molecule has 1 aromatic carbocycles. The largest absolute Gasteiger partial charge is 0.339 e. The molecule has 0 N–H and O–H groups in total. The van der Waals surface area contributed by atoms with Gasteiger partial charge < -0.3 is 9.13 Å². The fourth-order valence-electron chi connectivity index (χ4n) is 2.21. The first-order valence-corrected chi connectivity index (χ1v) is 5.94. The lowest BCUT2D eigenvalue weighted by Crippen LogP contribution is -2.18. The third-order valence-corrected chi connectivity index (χ3v) is 3.19. The maximum Gasteiger partial charge on any atom is 0.274 e. The number of fused-ring (bicyclic) bond motifs is 1. The van der Waals surface area contributed by atoms with Crippen molar-refractivity contribution >= 4 is 10.9 Å². The Hall–Kier alpha value is -2.29. The molecule has 3 aromatic rings. The van der Waals surface area contributed by atoms with E-state index in [-0.39, 0.29) is 5.56 Å². The van der Waals surface area contributed by atoms with Crippen LogP contribution in [0, 0.1) is 0 Å². The summed E-state index contributed by atoms with van der Waals surface area (Å²) in [5.74, 6) is 0. The minimum Gasteiger partial charge on any atom is -0.339 e. The molecule has 3 rings (SSSR count). The molecule has 0 spiro atoms. The maximum absolute atomic E-state index is 12.1. The van der Waals surface area contributed by atoms with Crippen molar-refractivity contribution in [1.29, 1.82) is 0 Å². The van der Waals surface area contributed by atoms with Crippen LogP contribution in [-0.4, -0.2) is 9.13 Å². The summed E-state index contributed by atoms with van der Waals surface area (Å²) in [7, 11) is 1.78. The van der Waals surface area contributed by atoms with Crippen molar-refractivity contribution in [2.24, 2.45) is 7.05 Å². The van der Waals surface area contributed by atoms with Crippen molar-refractivity contribution < 1.29 is 0 Å². The molecule has 0 unspecified atom stereocenters. The topological polar surface area (TPSA) is 26.9 Å². The van der Waals surface area contributed by atoms with Gasteiger partial charge in [0, 0.05) is 31.4 Å². The highest BCUT2D eigenvalue weighted by Crippen LogP contribution is 2.13. The van der Waals surface area contributed by atoms with Crippen LogP contribution in [0.5, 0.6) is 0 Å². The third-order valence-electron chi connectivity index (χ3n) is 3.19. The summed E-state index contributed by atoms with van der Waals surface area (Å²) in [5, 5.41) is 0.994. The van der Waals surface area contributed by atoms with Gasteiger partial charge in [-0.3, -0.25) is 4.79 Å². The van der Waals surface area contributed by atoms with Gasteiger partial charge in [-0.2, -0.15) is 0 Å². The molecular formula is C15H14N2O. The standard InChI is InChI=1S/C15H14N2O/c1-16-9-7-13-8-10-17(14(13)15(16)18)11-12-5-3-2-4-6-12/h2-10H,11H2,1H3. The molecule has 0 atom stereocenters. The highest BCUT2D eigenvalue weighted by atomic mass is 16.1. The minimum atomic E-state index is 0.0495. The van der Waals surface area contributed by atoms with Crippen LogP contribution in [0.25, 0.3) is 10.9 Å². The van der Waals surface area contributed by atoms with E-state index in [1.54, 1.807) is 17.8 Å². The SMILES string of the molecule is Cn1ccc2ccn(Cc3ccccc3)c2c1=O. The molecule has 18 heavy (non-hydrogen) atoms. The predicted octanol–water partition coefficient (Wildman–Crippen LogP) is 2.39. The first kappa shape index (κ1) is 10.8. The van der Waals surface area contributed by atoms with Gasteiger partial charge in [-0.25, -0.2) is 0 Å². The summed E-state index contributed by atoms with van der Waals surface area (Å²) in [4.78, 5) is 12.1. The number of pyridine rings is 1. The van der Waals surface area contributed by atoms with E-state index >= 15 is 0 Å². The number of nitrogens with zero attached hydrogens (tertiary/aromatic N) is 2. The van der Waals surface area contributed by atoms with Crippen LogP contribution in [0.4, 0.5) is 0 Å². The summed E-state index contributed by atoms with van der Waals surface area (Å²) in [5.41, 5.74) is 2.01. The van der Waals surface area contributed by atoms with E-state index in [2.05, 4.69) is 12.1 Å². The van der Waals surface area contributed by atoms with E-state index < -0.39 is 0 Å². The Balaban J connectivity index is 2.13. The average Bonchev–Trinajstić information content (AvgIpc) is 2.79. The quantitative estimate of drug-likeness (QED) is 0.673. The zero-order chi connectivity index (χ0) is 12.5. The van der Waals surface area contributed by atoms with Crippen LogP contribution in [0.3, 0.4) is 0 Å². The molecular weight excluding hydrogens is 224 g/mol. The lowest BCUT2D eigenvalue weighted by Gasteiger charge is -2.06. The van der Waals surface area contributed by atoms with Crippen LogP contribution < -0.4 is 5.56 Å². The number of benzene rings is 1. The van der Waals surface area contributed by atoms with Crippen molar-refractivity contribution in [3.63, 3.8) is 0 Å². The Morgan fingerprint density at radius 1 is 1.00 bits per heavy atom. The van der Waals surface area contributed by atoms with Crippen molar-refractivity contribution in [3.8, 4) is 0 Å². The van der Waals surface area contributed by atoms with Crippen molar-refractivity contribution in [3.05, 3.63) is 70.8 Å². The van der Waals surface area contributed by atoms with Gasteiger partial charge in [0.25, 0.3) is 5.56 Å². The zero-order valence-electron chi connectivity index (χ0n) is 10.2. The Kier molecular flexibility index (Phi) is 2.52. The highest BCUT2D eigenvalue weighted by Gasteiger charge is 2.06. The summed E-state index contributed by atoms with van der Waals surface area (Å²) in [6.07, 6.45) is 3.77. The summed E-state index contributed by atoms with van der Waals surface area (Å²) in [6, 6.07) is 14.1. The van der Waals surface area contributed by atoms with Crippen LogP contribution in [-0.2, 0) is 13.6 Å². The summed E-state index contributed by atoms with van der Waals surface area (Å²) in [6.45, 7) is 0.726. The van der Waals surface area contributed by atoms with E-state index in [1.807, 2.05) is 41.1 Å². The number of hydrogen-bond acceptors (Lipinski definition) is 1. The lowest BCUT2D eigenvalue weighted by molar-refractivity contribution is 0.808. The second-order valence-electron chi connectivity index (χ2n) is 4.46. The van der Waals surface area contributed by atoms with Gasteiger partial charge in [0.15, 0.2) is 0 Å². The Labute approximate surface area is 105 Å². The maximum atomic E-state index is 12.1. The molecule has 0 aliphatic heterocycles. The van der Waals surface area contributed by atoms with E-state index in [4.69, 9.17) is 0 Å². The van der Waals surface area contributed by atoms with Crippen LogP contribution in [0.1, 0.15) is 5.56 Å². The molecule has 90 valence electrons. The van der Waals surface area contributed by atoms with Gasteiger partial charge in [0.1, 0.15) is 5.52 Å². The van der Waals surface area contributed by atoms with Crippen molar-refractivity contribution in [2.45, 2.75) is 6.54 Å². The monoisotopic (exact) mass is 238 g/mol. The molecule has 0 amide bonds. The lowest BCUT2D eigenvalue weighted by atomic mass is 10.2. The third kappa shape index (κ3) is 1.74. The van der Waals surface area contributed by atoms with Gasteiger partial charge in [-0.05, 0) is 17.7 Å². The second-order valence-corrected chi connectivity index (χ2v) is 4.46. The van der Waals surface area contributed by atoms with Crippen molar-refractivity contribution in [1.82, 2.24) is 9.13 Å². The first-order chi connectivity index (χ1) is 8.75. The fraction of sp³-hybridized carbons (Fsp3) is 0.133. The molecule has 3 nitrogen and oxygen atoms in total. The normalized spacial score (nSPS) is 10.9. The van der Waals surface area contributed by atoms with E-state index in [0.717, 1.165) is 17.4 Å². The smallest absolute Gasteiger partial charge is 0.274 e. The van der Waals surface area contributed by atoms with E-state index in [9.17, 15) is 4.79 Å². The molecule has 0 fully saturated rings. The van der Waals surface area contributed by atoms with Crippen LogP contribution in [0.15, 0.2) is 59.7 Å². The fourth-order valence-corrected chi connectivity index (χ4v) is 2.21. The molecule has 0 bridgehead atoms. The molecule has 2 heterocycles. The van der Waals surface area contributed by atoms with Crippen molar-refractivity contribution in [2.75, 3.05) is 0 Å². The summed E-state index contributed by atoms with van der Waals surface area (Å²) < 4.78 is 3.62. The van der Waals surface area contributed by atoms with Gasteiger partial charge in [-0.15, -0.1) is 0 Å². The predicted molar refractivity (Wildman–Crippen MR) is 72.7 cm³/mol. The average molecular weight is 238 g/mol. The minimum absolute atomic E-state index is 0.0495. The number of aromatic nitrogens is 2. The Morgan fingerprint density at radius 2 is 1.72 bits per heavy atom. The summed E-state index contributed by atoms with van der Waals surface area (Å²) >= 11 is 0. The van der Waals surface area contributed by atoms with Crippen LogP contribution in [0.2, 0.25) is 0 Å². The molecule has 0 radical (unpaired) electrons. The molecule has 0 aliphatic carbocycles. The van der Waals surface area contributed by atoms with Gasteiger partial charge in [0.05, 0.1) is 0 Å². The van der Waals surface area contributed by atoms with Gasteiger partial charge >= 0.3 is 0 Å². The number of aryl methyl sites for hydroxylation is 1. The zero-order valence-corrected chi connectivity index (χ0v) is 10.2. The molecule has 0 saturated heterocycles. The molecule has 0 aliphatic rings. The molecule has 3 heteroatoms. The second kappa shape index (κ2) is 4.18. The van der Waals surface area contributed by atoms with Crippen LogP contribution >= 0.6 is 0 Å². The Bertz CT molecular complexity index is 738. The Morgan fingerprint density at radius 3 is 2.50 bits per heavy atom.